The van der Waals surface area contributed by atoms with Crippen LogP contribution in [0.4, 0.5) is 0 Å². The lowest BCUT2D eigenvalue weighted by Crippen LogP contribution is -2.44. The first-order valence-electron chi connectivity index (χ1n) is 13.2. The minimum absolute atomic E-state index is 0.698. The molecule has 156 valence electrons. The fraction of sp³-hybridized carbons (Fsp3) is 1.00. The zero-order valence-corrected chi connectivity index (χ0v) is 18.9. The van der Waals surface area contributed by atoms with Gasteiger partial charge >= 0.3 is 0 Å². The maximum absolute atomic E-state index is 2.87. The Balaban J connectivity index is 1.68. The molecule has 0 saturated heterocycles. The van der Waals surface area contributed by atoms with E-state index < -0.39 is 0 Å². The van der Waals surface area contributed by atoms with E-state index in [1.54, 1.807) is 64.2 Å². The van der Waals surface area contributed by atoms with Gasteiger partial charge < -0.3 is 0 Å². The van der Waals surface area contributed by atoms with Crippen molar-refractivity contribution in [3.8, 4) is 0 Å². The lowest BCUT2D eigenvalue weighted by atomic mass is 9.54. The SMILES string of the molecule is CCCCC1CCCC2C3CCCC(CCCC)C3C(C)(C3CCCC3)C12. The van der Waals surface area contributed by atoms with Crippen molar-refractivity contribution in [2.45, 2.75) is 124 Å². The molecule has 0 aliphatic heterocycles. The van der Waals surface area contributed by atoms with Crippen molar-refractivity contribution >= 4 is 0 Å². The normalized spacial score (nSPS) is 45.0. The van der Waals surface area contributed by atoms with Crippen molar-refractivity contribution in [3.05, 3.63) is 0 Å². The summed E-state index contributed by atoms with van der Waals surface area (Å²) in [7, 11) is 0. The fourth-order valence-corrected chi connectivity index (χ4v) is 9.44. The second kappa shape index (κ2) is 8.79. The minimum Gasteiger partial charge on any atom is -0.0654 e. The predicted octanol–water partition coefficient (Wildman–Crippen LogP) is 8.64. The highest BCUT2D eigenvalue weighted by atomic mass is 14.7. The molecule has 0 aromatic carbocycles. The third-order valence-electron chi connectivity index (χ3n) is 10.2. The molecule has 6 unspecified atom stereocenters. The summed E-state index contributed by atoms with van der Waals surface area (Å²) in [5, 5.41) is 0. The molecule has 4 saturated carbocycles. The predicted molar refractivity (Wildman–Crippen MR) is 118 cm³/mol. The summed E-state index contributed by atoms with van der Waals surface area (Å²) in [4.78, 5) is 0. The highest BCUT2D eigenvalue weighted by Crippen LogP contribution is 2.70. The van der Waals surface area contributed by atoms with Gasteiger partial charge in [0.05, 0.1) is 0 Å². The summed E-state index contributed by atoms with van der Waals surface area (Å²) in [5.74, 6) is 7.64. The molecule has 4 aliphatic rings. The molecule has 0 heterocycles. The monoisotopic (exact) mass is 372 g/mol. The van der Waals surface area contributed by atoms with E-state index in [1.165, 1.54) is 38.5 Å². The second-order valence-corrected chi connectivity index (χ2v) is 11.4. The van der Waals surface area contributed by atoms with E-state index in [1.807, 2.05) is 0 Å². The van der Waals surface area contributed by atoms with Crippen molar-refractivity contribution in [2.75, 3.05) is 0 Å². The van der Waals surface area contributed by atoms with E-state index in [2.05, 4.69) is 20.8 Å². The highest BCUT2D eigenvalue weighted by Gasteiger charge is 2.64. The molecular weight excluding hydrogens is 324 g/mol. The largest absolute Gasteiger partial charge is 0.0654 e. The molecule has 0 aromatic rings. The van der Waals surface area contributed by atoms with Gasteiger partial charge in [-0.15, -0.1) is 0 Å². The molecule has 0 amide bonds. The van der Waals surface area contributed by atoms with Crippen LogP contribution in [0.15, 0.2) is 0 Å². The number of rotatable bonds is 7. The topological polar surface area (TPSA) is 0 Å². The molecule has 0 nitrogen and oxygen atoms in total. The van der Waals surface area contributed by atoms with Gasteiger partial charge in [-0.1, -0.05) is 97.8 Å². The van der Waals surface area contributed by atoms with Crippen molar-refractivity contribution < 1.29 is 0 Å². The van der Waals surface area contributed by atoms with Crippen LogP contribution in [0.1, 0.15) is 124 Å². The Labute approximate surface area is 170 Å². The summed E-state index contributed by atoms with van der Waals surface area (Å²) in [6, 6.07) is 0. The number of unbranched alkanes of at least 4 members (excludes halogenated alkanes) is 2. The van der Waals surface area contributed by atoms with Gasteiger partial charge in [0.2, 0.25) is 0 Å². The molecule has 0 spiro atoms. The Hall–Kier alpha value is 0. The Morgan fingerprint density at radius 3 is 1.56 bits per heavy atom. The average molecular weight is 373 g/mol. The van der Waals surface area contributed by atoms with Crippen molar-refractivity contribution in [1.82, 2.24) is 0 Å². The van der Waals surface area contributed by atoms with Gasteiger partial charge in [-0.3, -0.25) is 0 Å². The molecule has 6 atom stereocenters. The summed E-state index contributed by atoms with van der Waals surface area (Å²) in [5.41, 5.74) is 0.698. The zero-order chi connectivity index (χ0) is 18.9. The van der Waals surface area contributed by atoms with Crippen molar-refractivity contribution in [1.29, 1.82) is 0 Å². The molecule has 0 heteroatoms. The van der Waals surface area contributed by atoms with Crippen LogP contribution >= 0.6 is 0 Å². The molecule has 0 aromatic heterocycles. The van der Waals surface area contributed by atoms with E-state index in [0.29, 0.717) is 5.41 Å². The van der Waals surface area contributed by atoms with Crippen LogP contribution in [0.2, 0.25) is 0 Å². The molecule has 4 fully saturated rings. The fourth-order valence-electron chi connectivity index (χ4n) is 9.44. The second-order valence-electron chi connectivity index (χ2n) is 11.4. The molecule has 4 aliphatic carbocycles. The van der Waals surface area contributed by atoms with Crippen LogP contribution in [-0.2, 0) is 0 Å². The molecular formula is C27H48. The van der Waals surface area contributed by atoms with Crippen LogP contribution < -0.4 is 0 Å². The van der Waals surface area contributed by atoms with Crippen molar-refractivity contribution in [2.24, 2.45) is 46.8 Å². The van der Waals surface area contributed by atoms with E-state index in [0.717, 1.165) is 41.4 Å². The maximum atomic E-state index is 2.87. The first-order chi connectivity index (χ1) is 13.2. The highest BCUT2D eigenvalue weighted by molar-refractivity contribution is 5.12. The maximum Gasteiger partial charge on any atom is -0.0230 e. The summed E-state index contributed by atoms with van der Waals surface area (Å²) >= 11 is 0. The number of hydrogen-bond donors (Lipinski definition) is 0. The standard InChI is InChI=1S/C27H48/c1-4-6-12-20-14-10-18-23-24-19-11-15-21(13-7-5-2)26(24)27(3,25(20)23)22-16-8-9-17-22/h20-26H,4-19H2,1-3H3. The summed E-state index contributed by atoms with van der Waals surface area (Å²) < 4.78 is 0. The summed E-state index contributed by atoms with van der Waals surface area (Å²) in [6.07, 6.45) is 24.6. The number of fused-ring (bicyclic) bond motifs is 3. The first kappa shape index (κ1) is 20.3. The Morgan fingerprint density at radius 1 is 0.630 bits per heavy atom. The molecule has 0 bridgehead atoms. The van der Waals surface area contributed by atoms with Crippen LogP contribution in [0.3, 0.4) is 0 Å². The van der Waals surface area contributed by atoms with Gasteiger partial charge in [0.15, 0.2) is 0 Å². The van der Waals surface area contributed by atoms with E-state index >= 15 is 0 Å². The first-order valence-corrected chi connectivity index (χ1v) is 13.2. The molecule has 0 N–H and O–H groups in total. The smallest absolute Gasteiger partial charge is 0.0230 e. The molecule has 4 rings (SSSR count). The van der Waals surface area contributed by atoms with Crippen LogP contribution in [0.25, 0.3) is 0 Å². The van der Waals surface area contributed by atoms with E-state index in [-0.39, 0.29) is 0 Å². The Morgan fingerprint density at radius 2 is 1.11 bits per heavy atom. The molecule has 27 heavy (non-hydrogen) atoms. The quantitative estimate of drug-likeness (QED) is 0.419. The van der Waals surface area contributed by atoms with E-state index in [9.17, 15) is 0 Å². The summed E-state index contributed by atoms with van der Waals surface area (Å²) in [6.45, 7) is 7.69. The van der Waals surface area contributed by atoms with Crippen LogP contribution in [0.5, 0.6) is 0 Å². The van der Waals surface area contributed by atoms with E-state index in [4.69, 9.17) is 0 Å². The van der Waals surface area contributed by atoms with Crippen LogP contribution in [-0.4, -0.2) is 0 Å². The van der Waals surface area contributed by atoms with Gasteiger partial charge in [0.25, 0.3) is 0 Å². The average Bonchev–Trinajstić information content (AvgIpc) is 3.32. The zero-order valence-electron chi connectivity index (χ0n) is 18.9. The third kappa shape index (κ3) is 3.54. The Bertz CT molecular complexity index is 427. The third-order valence-corrected chi connectivity index (χ3v) is 10.2. The van der Waals surface area contributed by atoms with Gasteiger partial charge in [0, 0.05) is 0 Å². The van der Waals surface area contributed by atoms with Crippen molar-refractivity contribution in [3.63, 3.8) is 0 Å². The van der Waals surface area contributed by atoms with Gasteiger partial charge in [-0.2, -0.15) is 0 Å². The minimum atomic E-state index is 0.698. The Kier molecular flexibility index (Phi) is 6.60. The number of hydrogen-bond acceptors (Lipinski definition) is 0. The van der Waals surface area contributed by atoms with Gasteiger partial charge in [-0.25, -0.2) is 0 Å². The lowest BCUT2D eigenvalue weighted by Gasteiger charge is -2.51. The lowest BCUT2D eigenvalue weighted by molar-refractivity contribution is -0.0235. The molecule has 0 radical (unpaired) electrons. The van der Waals surface area contributed by atoms with Gasteiger partial charge in [-0.05, 0) is 72.5 Å². The van der Waals surface area contributed by atoms with Crippen LogP contribution in [0, 0.1) is 46.8 Å². The van der Waals surface area contributed by atoms with Gasteiger partial charge in [0.1, 0.15) is 0 Å².